The van der Waals surface area contributed by atoms with Crippen molar-refractivity contribution in [3.05, 3.63) is 24.3 Å². The van der Waals surface area contributed by atoms with Crippen molar-refractivity contribution in [3.8, 4) is 0 Å². The summed E-state index contributed by atoms with van der Waals surface area (Å²) in [7, 11) is 4.02. The second-order valence-electron chi connectivity index (χ2n) is 7.50. The molecule has 7 nitrogen and oxygen atoms in total. The van der Waals surface area contributed by atoms with Gasteiger partial charge in [0.25, 0.3) is 0 Å². The molecular weight excluding hydrogens is 344 g/mol. The molecule has 148 valence electrons. The summed E-state index contributed by atoms with van der Waals surface area (Å²) >= 11 is 0. The van der Waals surface area contributed by atoms with Crippen molar-refractivity contribution in [2.75, 3.05) is 63.7 Å². The molecule has 3 rings (SSSR count). The van der Waals surface area contributed by atoms with Crippen LogP contribution in [-0.2, 0) is 14.3 Å². The zero-order chi connectivity index (χ0) is 19.2. The zero-order valence-corrected chi connectivity index (χ0v) is 16.2. The number of anilines is 2. The largest absolute Gasteiger partial charge is 0.378 e. The molecule has 1 aromatic rings. The third kappa shape index (κ3) is 5.43. The van der Waals surface area contributed by atoms with Crippen LogP contribution in [0.5, 0.6) is 0 Å². The van der Waals surface area contributed by atoms with Gasteiger partial charge in [-0.15, -0.1) is 0 Å². The van der Waals surface area contributed by atoms with Crippen LogP contribution in [0.2, 0.25) is 0 Å². The molecule has 0 spiro atoms. The smallest absolute Gasteiger partial charge is 0.228 e. The van der Waals surface area contributed by atoms with E-state index < -0.39 is 0 Å². The average Bonchev–Trinajstić information content (AvgIpc) is 3.47. The van der Waals surface area contributed by atoms with Crippen LogP contribution in [0.1, 0.15) is 12.8 Å². The number of morpholine rings is 1. The van der Waals surface area contributed by atoms with Gasteiger partial charge in [0.15, 0.2) is 0 Å². The number of hydrogen-bond acceptors (Lipinski definition) is 5. The van der Waals surface area contributed by atoms with Crippen LogP contribution in [0.3, 0.4) is 0 Å². The molecule has 0 bridgehead atoms. The molecule has 2 fully saturated rings. The van der Waals surface area contributed by atoms with E-state index in [4.69, 9.17) is 4.74 Å². The highest BCUT2D eigenvalue weighted by Gasteiger charge is 2.48. The molecule has 0 aromatic heterocycles. The van der Waals surface area contributed by atoms with Gasteiger partial charge in [-0.3, -0.25) is 9.59 Å². The number of carbonyl (C=O) groups is 2. The van der Waals surface area contributed by atoms with Crippen molar-refractivity contribution >= 4 is 23.2 Å². The summed E-state index contributed by atoms with van der Waals surface area (Å²) < 4.78 is 5.41. The fourth-order valence-electron chi connectivity index (χ4n) is 3.40. The standard InChI is InChI=1S/C20H30N4O3/c1-23(2)9-5-8-21-19(25)15-14-16(15)20(26)22-17-6-3-4-7-18(17)24-10-12-27-13-11-24/h3-4,6-7,15-16H,5,8-14H2,1-2H3,(H,21,25)(H,22,26). The monoisotopic (exact) mass is 374 g/mol. The van der Waals surface area contributed by atoms with E-state index >= 15 is 0 Å². The zero-order valence-electron chi connectivity index (χ0n) is 16.2. The van der Waals surface area contributed by atoms with Gasteiger partial charge in [0, 0.05) is 19.6 Å². The number of hydrogen-bond donors (Lipinski definition) is 2. The van der Waals surface area contributed by atoms with Crippen molar-refractivity contribution in [3.63, 3.8) is 0 Å². The second kappa shape index (κ2) is 9.19. The van der Waals surface area contributed by atoms with Crippen LogP contribution in [0, 0.1) is 11.8 Å². The summed E-state index contributed by atoms with van der Waals surface area (Å²) in [5, 5.41) is 5.97. The fourth-order valence-corrected chi connectivity index (χ4v) is 3.40. The topological polar surface area (TPSA) is 73.9 Å². The maximum Gasteiger partial charge on any atom is 0.228 e. The number of rotatable bonds is 8. The molecule has 2 unspecified atom stereocenters. The highest BCUT2D eigenvalue weighted by atomic mass is 16.5. The lowest BCUT2D eigenvalue weighted by atomic mass is 10.2. The summed E-state index contributed by atoms with van der Waals surface area (Å²) in [6.07, 6.45) is 1.54. The Hall–Kier alpha value is -2.12. The van der Waals surface area contributed by atoms with E-state index in [1.165, 1.54) is 0 Å². The molecule has 2 atom stereocenters. The lowest BCUT2D eigenvalue weighted by molar-refractivity contribution is -0.125. The second-order valence-corrected chi connectivity index (χ2v) is 7.50. The van der Waals surface area contributed by atoms with E-state index in [1.807, 2.05) is 38.4 Å². The van der Waals surface area contributed by atoms with Gasteiger partial charge in [-0.05, 0) is 45.6 Å². The maximum atomic E-state index is 12.6. The van der Waals surface area contributed by atoms with E-state index in [0.717, 1.165) is 37.4 Å². The number of nitrogens with zero attached hydrogens (tertiary/aromatic N) is 2. The Balaban J connectivity index is 1.49. The molecule has 1 aromatic carbocycles. The highest BCUT2D eigenvalue weighted by Crippen LogP contribution is 2.40. The lowest BCUT2D eigenvalue weighted by Gasteiger charge is -2.30. The Labute approximate surface area is 161 Å². The van der Waals surface area contributed by atoms with E-state index in [-0.39, 0.29) is 23.7 Å². The number of carbonyl (C=O) groups excluding carboxylic acids is 2. The third-order valence-electron chi connectivity index (χ3n) is 5.06. The van der Waals surface area contributed by atoms with Crippen LogP contribution >= 0.6 is 0 Å². The quantitative estimate of drug-likeness (QED) is 0.668. The van der Waals surface area contributed by atoms with Gasteiger partial charge < -0.3 is 25.2 Å². The third-order valence-corrected chi connectivity index (χ3v) is 5.06. The number of nitrogens with one attached hydrogen (secondary N) is 2. The Morgan fingerprint density at radius 1 is 1.15 bits per heavy atom. The first kappa shape index (κ1) is 19.6. The predicted octanol–water partition coefficient (Wildman–Crippen LogP) is 1.17. The average molecular weight is 374 g/mol. The molecule has 27 heavy (non-hydrogen) atoms. The van der Waals surface area contributed by atoms with Crippen molar-refractivity contribution in [1.29, 1.82) is 0 Å². The Morgan fingerprint density at radius 3 is 2.59 bits per heavy atom. The Morgan fingerprint density at radius 2 is 1.85 bits per heavy atom. The lowest BCUT2D eigenvalue weighted by Crippen LogP contribution is -2.36. The molecule has 7 heteroatoms. The molecule has 2 aliphatic rings. The summed E-state index contributed by atoms with van der Waals surface area (Å²) in [5.41, 5.74) is 1.82. The van der Waals surface area contributed by atoms with Gasteiger partial charge in [-0.2, -0.15) is 0 Å². The Bertz CT molecular complexity index is 658. The SMILES string of the molecule is CN(C)CCCNC(=O)C1CC1C(=O)Nc1ccccc1N1CCOCC1. The van der Waals surface area contributed by atoms with Crippen molar-refractivity contribution < 1.29 is 14.3 Å². The summed E-state index contributed by atoms with van der Waals surface area (Å²) in [5.74, 6) is -0.490. The van der Waals surface area contributed by atoms with Crippen LogP contribution in [0.25, 0.3) is 0 Å². The van der Waals surface area contributed by atoms with Crippen LogP contribution in [0.15, 0.2) is 24.3 Å². The van der Waals surface area contributed by atoms with E-state index in [0.29, 0.717) is 26.2 Å². The molecular formula is C20H30N4O3. The molecule has 1 heterocycles. The van der Waals surface area contributed by atoms with E-state index in [1.54, 1.807) is 0 Å². The molecule has 1 saturated carbocycles. The van der Waals surface area contributed by atoms with E-state index in [2.05, 4.69) is 20.4 Å². The van der Waals surface area contributed by atoms with Crippen LogP contribution in [-0.4, -0.2) is 70.2 Å². The first-order chi connectivity index (χ1) is 13.1. The minimum atomic E-state index is -0.225. The number of ether oxygens (including phenoxy) is 1. The summed E-state index contributed by atoms with van der Waals surface area (Å²) in [6.45, 7) is 4.61. The predicted molar refractivity (Wildman–Crippen MR) is 106 cm³/mol. The molecule has 2 amide bonds. The van der Waals surface area contributed by atoms with Gasteiger partial charge >= 0.3 is 0 Å². The first-order valence-corrected chi connectivity index (χ1v) is 9.71. The van der Waals surface area contributed by atoms with Gasteiger partial charge in [0.05, 0.1) is 36.4 Å². The van der Waals surface area contributed by atoms with E-state index in [9.17, 15) is 9.59 Å². The Kier molecular flexibility index (Phi) is 6.68. The molecule has 1 aliphatic carbocycles. The molecule has 2 N–H and O–H groups in total. The summed E-state index contributed by atoms with van der Waals surface area (Å²) in [6, 6.07) is 7.83. The van der Waals surface area contributed by atoms with Crippen LogP contribution in [0.4, 0.5) is 11.4 Å². The normalized spacial score (nSPS) is 21.8. The van der Waals surface area contributed by atoms with Crippen LogP contribution < -0.4 is 15.5 Å². The van der Waals surface area contributed by atoms with Crippen molar-refractivity contribution in [2.24, 2.45) is 11.8 Å². The fraction of sp³-hybridized carbons (Fsp3) is 0.600. The minimum absolute atomic E-state index is 0.00429. The first-order valence-electron chi connectivity index (χ1n) is 9.71. The summed E-state index contributed by atoms with van der Waals surface area (Å²) in [4.78, 5) is 29.1. The van der Waals surface area contributed by atoms with Gasteiger partial charge in [0.2, 0.25) is 11.8 Å². The number of para-hydroxylation sites is 2. The van der Waals surface area contributed by atoms with Crippen molar-refractivity contribution in [2.45, 2.75) is 12.8 Å². The molecule has 1 aliphatic heterocycles. The molecule has 1 saturated heterocycles. The van der Waals surface area contributed by atoms with Gasteiger partial charge in [0.1, 0.15) is 0 Å². The maximum absolute atomic E-state index is 12.6. The minimum Gasteiger partial charge on any atom is -0.378 e. The van der Waals surface area contributed by atoms with Gasteiger partial charge in [-0.1, -0.05) is 12.1 Å². The number of benzene rings is 1. The highest BCUT2D eigenvalue weighted by molar-refractivity contribution is 6.01. The molecule has 0 radical (unpaired) electrons. The number of amides is 2. The van der Waals surface area contributed by atoms with Crippen molar-refractivity contribution in [1.82, 2.24) is 10.2 Å². The van der Waals surface area contributed by atoms with Gasteiger partial charge in [-0.25, -0.2) is 0 Å².